The molecule has 27 heavy (non-hydrogen) atoms. The number of hydrogen-bond acceptors (Lipinski definition) is 4. The minimum Gasteiger partial charge on any atom is -0.350 e. The molecule has 1 unspecified atom stereocenters. The summed E-state index contributed by atoms with van der Waals surface area (Å²) in [5.41, 5.74) is 2.01. The highest BCUT2D eigenvalue weighted by Gasteiger charge is 2.54. The second kappa shape index (κ2) is 6.81. The van der Waals surface area contributed by atoms with Gasteiger partial charge in [-0.3, -0.25) is 14.5 Å². The second-order valence-electron chi connectivity index (χ2n) is 7.10. The molecule has 1 aromatic heterocycles. The lowest BCUT2D eigenvalue weighted by molar-refractivity contribution is -0.135. The van der Waals surface area contributed by atoms with E-state index in [1.807, 2.05) is 42.6 Å². The molecule has 0 radical (unpaired) electrons. The number of urea groups is 1. The number of nitrogens with zero attached hydrogens (tertiary/aromatic N) is 1. The first-order valence-corrected chi connectivity index (χ1v) is 9.91. The molecular weight excluding hydrogens is 362 g/mol. The summed E-state index contributed by atoms with van der Waals surface area (Å²) in [6.07, 6.45) is 2.34. The standard InChI is InChI=1S/C20H21N3O3S/c1-13-4-6-14(7-5-13)11-21-17(24)12-23-18(25)20(22-19(23)26)9-2-3-16-15(20)8-10-27-16/h4-8,10H,2-3,9,11-12H2,1H3,(H,21,24)(H,22,26). The van der Waals surface area contributed by atoms with Gasteiger partial charge in [-0.2, -0.15) is 0 Å². The van der Waals surface area contributed by atoms with Crippen molar-refractivity contribution in [1.29, 1.82) is 0 Å². The van der Waals surface area contributed by atoms with Gasteiger partial charge in [0.2, 0.25) is 5.91 Å². The van der Waals surface area contributed by atoms with Crippen LogP contribution in [0, 0.1) is 6.92 Å². The number of imide groups is 1. The molecule has 1 fully saturated rings. The van der Waals surface area contributed by atoms with Crippen LogP contribution >= 0.6 is 11.3 Å². The summed E-state index contributed by atoms with van der Waals surface area (Å²) in [5.74, 6) is -0.671. The van der Waals surface area contributed by atoms with Gasteiger partial charge in [-0.15, -0.1) is 11.3 Å². The Morgan fingerprint density at radius 1 is 1.26 bits per heavy atom. The maximum absolute atomic E-state index is 13.1. The summed E-state index contributed by atoms with van der Waals surface area (Å²) in [6.45, 7) is 2.10. The van der Waals surface area contributed by atoms with Crippen molar-refractivity contribution in [2.75, 3.05) is 6.54 Å². The zero-order valence-electron chi connectivity index (χ0n) is 15.1. The number of hydrogen-bond donors (Lipinski definition) is 2. The van der Waals surface area contributed by atoms with Gasteiger partial charge in [-0.05, 0) is 43.2 Å². The van der Waals surface area contributed by atoms with Crippen molar-refractivity contribution in [2.45, 2.75) is 38.3 Å². The Kier molecular flexibility index (Phi) is 4.47. The Hall–Kier alpha value is -2.67. The van der Waals surface area contributed by atoms with Crippen LogP contribution in [0.15, 0.2) is 35.7 Å². The molecule has 1 aliphatic heterocycles. The Morgan fingerprint density at radius 2 is 2.04 bits per heavy atom. The van der Waals surface area contributed by atoms with E-state index in [9.17, 15) is 14.4 Å². The lowest BCUT2D eigenvalue weighted by atomic mass is 9.80. The average Bonchev–Trinajstić information content (AvgIpc) is 3.22. The molecule has 1 spiro atoms. The first kappa shape index (κ1) is 17.7. The monoisotopic (exact) mass is 383 g/mol. The maximum Gasteiger partial charge on any atom is 0.325 e. The van der Waals surface area contributed by atoms with E-state index in [2.05, 4.69) is 10.6 Å². The van der Waals surface area contributed by atoms with Crippen LogP contribution in [0.1, 0.15) is 34.4 Å². The van der Waals surface area contributed by atoms with Crippen molar-refractivity contribution < 1.29 is 14.4 Å². The van der Waals surface area contributed by atoms with Crippen LogP contribution in [-0.4, -0.2) is 29.3 Å². The fourth-order valence-electron chi connectivity index (χ4n) is 3.79. The van der Waals surface area contributed by atoms with Crippen molar-refractivity contribution in [3.05, 3.63) is 57.3 Å². The summed E-state index contributed by atoms with van der Waals surface area (Å²) < 4.78 is 0. The fourth-order valence-corrected chi connectivity index (χ4v) is 4.79. The van der Waals surface area contributed by atoms with Crippen LogP contribution in [0.5, 0.6) is 0 Å². The molecule has 4 rings (SSSR count). The predicted octanol–water partition coefficient (Wildman–Crippen LogP) is 2.46. The number of amides is 4. The van der Waals surface area contributed by atoms with E-state index in [-0.39, 0.29) is 18.4 Å². The number of nitrogens with one attached hydrogen (secondary N) is 2. The number of carbonyl (C=O) groups is 3. The molecule has 1 aromatic carbocycles. The van der Waals surface area contributed by atoms with Crippen LogP contribution in [0.3, 0.4) is 0 Å². The van der Waals surface area contributed by atoms with E-state index in [0.717, 1.165) is 39.3 Å². The van der Waals surface area contributed by atoms with Gasteiger partial charge in [0.05, 0.1) is 0 Å². The van der Waals surface area contributed by atoms with E-state index in [1.54, 1.807) is 11.3 Å². The molecule has 0 saturated carbocycles. The fraction of sp³-hybridized carbons (Fsp3) is 0.350. The summed E-state index contributed by atoms with van der Waals surface area (Å²) >= 11 is 1.61. The molecular formula is C20H21N3O3S. The molecule has 1 saturated heterocycles. The largest absolute Gasteiger partial charge is 0.350 e. The third kappa shape index (κ3) is 3.12. The van der Waals surface area contributed by atoms with Gasteiger partial charge >= 0.3 is 6.03 Å². The number of carbonyl (C=O) groups excluding carboxylic acids is 3. The highest BCUT2D eigenvalue weighted by Crippen LogP contribution is 2.41. The molecule has 2 aromatic rings. The molecule has 1 aliphatic carbocycles. The van der Waals surface area contributed by atoms with Gasteiger partial charge in [-0.25, -0.2) is 4.79 Å². The van der Waals surface area contributed by atoms with Crippen molar-refractivity contribution >= 4 is 29.2 Å². The number of benzene rings is 1. The topological polar surface area (TPSA) is 78.5 Å². The van der Waals surface area contributed by atoms with E-state index in [1.165, 1.54) is 0 Å². The summed E-state index contributed by atoms with van der Waals surface area (Å²) in [7, 11) is 0. The molecule has 7 heteroatoms. The predicted molar refractivity (Wildman–Crippen MR) is 102 cm³/mol. The van der Waals surface area contributed by atoms with Crippen LogP contribution < -0.4 is 10.6 Å². The minimum atomic E-state index is -0.998. The summed E-state index contributed by atoms with van der Waals surface area (Å²) in [6, 6.07) is 9.26. The van der Waals surface area contributed by atoms with Crippen molar-refractivity contribution in [2.24, 2.45) is 0 Å². The van der Waals surface area contributed by atoms with Gasteiger partial charge in [0, 0.05) is 17.0 Å². The third-order valence-electron chi connectivity index (χ3n) is 5.25. The number of rotatable bonds is 4. The second-order valence-corrected chi connectivity index (χ2v) is 8.10. The lowest BCUT2D eigenvalue weighted by Gasteiger charge is -2.31. The van der Waals surface area contributed by atoms with Crippen molar-refractivity contribution in [1.82, 2.24) is 15.5 Å². The zero-order chi connectivity index (χ0) is 19.0. The van der Waals surface area contributed by atoms with E-state index in [0.29, 0.717) is 13.0 Å². The lowest BCUT2D eigenvalue weighted by Crippen LogP contribution is -2.46. The Balaban J connectivity index is 1.44. The van der Waals surface area contributed by atoms with Crippen LogP contribution in [0.2, 0.25) is 0 Å². The molecule has 2 aliphatic rings. The van der Waals surface area contributed by atoms with Crippen LogP contribution in [0.25, 0.3) is 0 Å². The number of aryl methyl sites for hydroxylation is 2. The Bertz CT molecular complexity index is 905. The van der Waals surface area contributed by atoms with E-state index < -0.39 is 11.6 Å². The van der Waals surface area contributed by atoms with Crippen molar-refractivity contribution in [3.63, 3.8) is 0 Å². The zero-order valence-corrected chi connectivity index (χ0v) is 15.9. The van der Waals surface area contributed by atoms with Crippen molar-refractivity contribution in [3.8, 4) is 0 Å². The SMILES string of the molecule is Cc1ccc(CNC(=O)CN2C(=O)NC3(CCCc4sccc43)C2=O)cc1. The third-order valence-corrected chi connectivity index (χ3v) is 6.23. The van der Waals surface area contributed by atoms with Gasteiger partial charge in [-0.1, -0.05) is 29.8 Å². The van der Waals surface area contributed by atoms with Gasteiger partial charge < -0.3 is 10.6 Å². The molecule has 0 bridgehead atoms. The number of fused-ring (bicyclic) bond motifs is 2. The van der Waals surface area contributed by atoms with Crippen LogP contribution in [0.4, 0.5) is 4.79 Å². The molecule has 1 atom stereocenters. The van der Waals surface area contributed by atoms with E-state index >= 15 is 0 Å². The van der Waals surface area contributed by atoms with Gasteiger partial charge in [0.1, 0.15) is 12.1 Å². The molecule has 140 valence electrons. The Labute approximate surface area is 161 Å². The quantitative estimate of drug-likeness (QED) is 0.796. The molecule has 2 heterocycles. The minimum absolute atomic E-state index is 0.266. The first-order chi connectivity index (χ1) is 13.0. The van der Waals surface area contributed by atoms with Gasteiger partial charge in [0.15, 0.2) is 0 Å². The molecule has 6 nitrogen and oxygen atoms in total. The molecule has 2 N–H and O–H groups in total. The summed E-state index contributed by atoms with van der Waals surface area (Å²) in [5, 5.41) is 7.59. The summed E-state index contributed by atoms with van der Waals surface area (Å²) in [4.78, 5) is 40.0. The number of thiophene rings is 1. The molecule has 4 amide bonds. The maximum atomic E-state index is 13.1. The normalized spacial score (nSPS) is 21.3. The smallest absolute Gasteiger partial charge is 0.325 e. The Morgan fingerprint density at radius 3 is 2.81 bits per heavy atom. The van der Waals surface area contributed by atoms with E-state index in [4.69, 9.17) is 0 Å². The van der Waals surface area contributed by atoms with Crippen LogP contribution in [-0.2, 0) is 28.1 Å². The van der Waals surface area contributed by atoms with Gasteiger partial charge in [0.25, 0.3) is 5.91 Å². The average molecular weight is 383 g/mol. The highest BCUT2D eigenvalue weighted by atomic mass is 32.1. The first-order valence-electron chi connectivity index (χ1n) is 9.03. The highest BCUT2D eigenvalue weighted by molar-refractivity contribution is 7.10.